The van der Waals surface area contributed by atoms with Crippen molar-refractivity contribution in [3.8, 4) is 0 Å². The molecule has 1 saturated carbocycles. The van der Waals surface area contributed by atoms with Crippen molar-refractivity contribution in [1.82, 2.24) is 5.32 Å². The fraction of sp³-hybridized carbons (Fsp3) is 0.609. The lowest BCUT2D eigenvalue weighted by Crippen LogP contribution is -2.45. The van der Waals surface area contributed by atoms with Gasteiger partial charge in [0.25, 0.3) is 0 Å². The third-order valence-electron chi connectivity index (χ3n) is 5.87. The van der Waals surface area contributed by atoms with E-state index in [9.17, 15) is 9.59 Å². The summed E-state index contributed by atoms with van der Waals surface area (Å²) in [6.45, 7) is 5.41. The molecule has 29 heavy (non-hydrogen) atoms. The molecule has 2 aliphatic rings. The van der Waals surface area contributed by atoms with Crippen molar-refractivity contribution < 1.29 is 14.3 Å². The minimum absolute atomic E-state index is 0.283. The molecule has 1 fully saturated rings. The zero-order chi connectivity index (χ0) is 20.6. The number of ether oxygens (including phenoxy) is 1. The normalized spacial score (nSPS) is 22.6. The van der Waals surface area contributed by atoms with E-state index in [2.05, 4.69) is 22.5 Å². The summed E-state index contributed by atoms with van der Waals surface area (Å²) >= 11 is 0. The Morgan fingerprint density at radius 2 is 1.90 bits per heavy atom. The maximum absolute atomic E-state index is 13.0. The molecule has 0 radical (unpaired) electrons. The largest absolute Gasteiger partial charge is 0.465 e. The van der Waals surface area contributed by atoms with Gasteiger partial charge in [-0.05, 0) is 49.3 Å². The van der Waals surface area contributed by atoms with Crippen LogP contribution < -0.4 is 10.6 Å². The molecule has 1 aliphatic carbocycles. The molecule has 1 aromatic carbocycles. The van der Waals surface area contributed by atoms with E-state index >= 15 is 0 Å². The molecule has 2 amide bonds. The van der Waals surface area contributed by atoms with E-state index in [1.165, 1.54) is 19.3 Å². The standard InChI is InChI=1S/C23H33N3O3/c1-3-14-24-18-12-10-17(11-13-18)21-20(19(4-2)25-23(28)26-21)22(27)29-15-16-8-6-5-7-9-16/h10-13,16,20-21,24H,3-9,14-15H2,1-2H3,(H,26,28). The highest BCUT2D eigenvalue weighted by molar-refractivity contribution is 6.09. The van der Waals surface area contributed by atoms with Crippen molar-refractivity contribution in [3.05, 3.63) is 29.8 Å². The number of rotatable bonds is 8. The van der Waals surface area contributed by atoms with Crippen LogP contribution in [-0.4, -0.2) is 30.9 Å². The average molecular weight is 400 g/mol. The van der Waals surface area contributed by atoms with Crippen molar-refractivity contribution >= 4 is 23.4 Å². The van der Waals surface area contributed by atoms with Crippen LogP contribution in [0.2, 0.25) is 0 Å². The summed E-state index contributed by atoms with van der Waals surface area (Å²) in [7, 11) is 0. The Hall–Kier alpha value is -2.37. The van der Waals surface area contributed by atoms with Crippen LogP contribution in [0.5, 0.6) is 0 Å². The molecule has 3 rings (SSSR count). The number of nitrogens with zero attached hydrogens (tertiary/aromatic N) is 1. The lowest BCUT2D eigenvalue weighted by Gasteiger charge is -2.31. The molecule has 1 heterocycles. The van der Waals surface area contributed by atoms with E-state index < -0.39 is 18.0 Å². The minimum Gasteiger partial charge on any atom is -0.465 e. The van der Waals surface area contributed by atoms with Gasteiger partial charge in [0.05, 0.1) is 12.6 Å². The minimum atomic E-state index is -0.573. The molecule has 6 heteroatoms. The topological polar surface area (TPSA) is 79.8 Å². The Bertz CT molecular complexity index is 723. The van der Waals surface area contributed by atoms with Gasteiger partial charge in [-0.2, -0.15) is 0 Å². The van der Waals surface area contributed by atoms with Gasteiger partial charge in [-0.15, -0.1) is 0 Å². The first-order valence-corrected chi connectivity index (χ1v) is 11.0. The Balaban J connectivity index is 1.75. The van der Waals surface area contributed by atoms with E-state index in [1.54, 1.807) is 0 Å². The Labute approximate surface area is 173 Å². The smallest absolute Gasteiger partial charge is 0.341 e. The van der Waals surface area contributed by atoms with Gasteiger partial charge in [0.2, 0.25) is 0 Å². The fourth-order valence-electron chi connectivity index (χ4n) is 4.21. The number of nitrogens with one attached hydrogen (secondary N) is 2. The van der Waals surface area contributed by atoms with Crippen LogP contribution in [0, 0.1) is 11.8 Å². The lowest BCUT2D eigenvalue weighted by atomic mass is 9.86. The van der Waals surface area contributed by atoms with Crippen molar-refractivity contribution in [2.75, 3.05) is 18.5 Å². The van der Waals surface area contributed by atoms with Gasteiger partial charge in [0.1, 0.15) is 5.92 Å². The number of benzene rings is 1. The first-order valence-electron chi connectivity index (χ1n) is 11.0. The molecule has 0 spiro atoms. The second kappa shape index (κ2) is 10.4. The summed E-state index contributed by atoms with van der Waals surface area (Å²) in [5.41, 5.74) is 2.51. The van der Waals surface area contributed by atoms with E-state index in [0.717, 1.165) is 37.1 Å². The Kier molecular flexibility index (Phi) is 7.67. The van der Waals surface area contributed by atoms with Crippen LogP contribution in [0.25, 0.3) is 0 Å². The van der Waals surface area contributed by atoms with Crippen LogP contribution in [0.1, 0.15) is 70.4 Å². The van der Waals surface area contributed by atoms with E-state index in [0.29, 0.717) is 24.7 Å². The van der Waals surface area contributed by atoms with Crippen molar-refractivity contribution in [1.29, 1.82) is 0 Å². The number of carbonyl (C=O) groups is 2. The van der Waals surface area contributed by atoms with Crippen LogP contribution in [0.3, 0.4) is 0 Å². The van der Waals surface area contributed by atoms with Crippen molar-refractivity contribution in [2.24, 2.45) is 16.8 Å². The molecular weight excluding hydrogens is 366 g/mol. The number of anilines is 1. The quantitative estimate of drug-likeness (QED) is 0.612. The summed E-state index contributed by atoms with van der Waals surface area (Å²) in [4.78, 5) is 29.3. The monoisotopic (exact) mass is 399 g/mol. The molecule has 0 saturated heterocycles. The molecule has 158 valence electrons. The summed E-state index contributed by atoms with van der Waals surface area (Å²) in [6, 6.07) is 7.05. The third-order valence-corrected chi connectivity index (χ3v) is 5.87. The van der Waals surface area contributed by atoms with Crippen molar-refractivity contribution in [3.63, 3.8) is 0 Å². The maximum Gasteiger partial charge on any atom is 0.341 e. The predicted molar refractivity (Wildman–Crippen MR) is 115 cm³/mol. The Morgan fingerprint density at radius 3 is 2.55 bits per heavy atom. The first-order chi connectivity index (χ1) is 14.1. The van der Waals surface area contributed by atoms with Gasteiger partial charge in [-0.1, -0.05) is 45.2 Å². The molecule has 0 bridgehead atoms. The molecule has 2 atom stereocenters. The number of hydrogen-bond acceptors (Lipinski definition) is 4. The molecule has 6 nitrogen and oxygen atoms in total. The number of hydrogen-bond donors (Lipinski definition) is 2. The highest BCUT2D eigenvalue weighted by Gasteiger charge is 2.39. The zero-order valence-electron chi connectivity index (χ0n) is 17.6. The SMILES string of the molecule is CCCNc1ccc(C2NC(=O)N=C(CC)C2C(=O)OCC2CCCCC2)cc1. The molecule has 2 N–H and O–H groups in total. The van der Waals surface area contributed by atoms with Gasteiger partial charge in [0, 0.05) is 17.9 Å². The van der Waals surface area contributed by atoms with Gasteiger partial charge >= 0.3 is 12.0 Å². The predicted octanol–water partition coefficient (Wildman–Crippen LogP) is 4.86. The third kappa shape index (κ3) is 5.58. The average Bonchev–Trinajstić information content (AvgIpc) is 2.76. The maximum atomic E-state index is 13.0. The van der Waals surface area contributed by atoms with E-state index in [1.807, 2.05) is 31.2 Å². The number of urea groups is 1. The Morgan fingerprint density at radius 1 is 1.17 bits per heavy atom. The van der Waals surface area contributed by atoms with Crippen LogP contribution in [0.15, 0.2) is 29.3 Å². The molecule has 1 aliphatic heterocycles. The van der Waals surface area contributed by atoms with Gasteiger partial charge < -0.3 is 15.4 Å². The summed E-state index contributed by atoms with van der Waals surface area (Å²) in [5, 5.41) is 6.22. The summed E-state index contributed by atoms with van der Waals surface area (Å²) < 4.78 is 5.73. The molecule has 2 unspecified atom stereocenters. The molecular formula is C23H33N3O3. The lowest BCUT2D eigenvalue weighted by molar-refractivity contribution is -0.148. The van der Waals surface area contributed by atoms with Gasteiger partial charge in [-0.25, -0.2) is 9.79 Å². The fourth-order valence-corrected chi connectivity index (χ4v) is 4.21. The van der Waals surface area contributed by atoms with E-state index in [4.69, 9.17) is 4.74 Å². The summed E-state index contributed by atoms with van der Waals surface area (Å²) in [6.07, 6.45) is 7.54. The number of aliphatic imine (C=N–C) groups is 1. The van der Waals surface area contributed by atoms with Gasteiger partial charge in [0.15, 0.2) is 0 Å². The number of amides is 2. The van der Waals surface area contributed by atoms with Gasteiger partial charge in [-0.3, -0.25) is 4.79 Å². The van der Waals surface area contributed by atoms with Crippen LogP contribution in [-0.2, 0) is 9.53 Å². The van der Waals surface area contributed by atoms with Crippen molar-refractivity contribution in [2.45, 2.75) is 64.8 Å². The zero-order valence-corrected chi connectivity index (χ0v) is 17.6. The molecule has 1 aromatic rings. The summed E-state index contributed by atoms with van der Waals surface area (Å²) in [5.74, 6) is -0.402. The van der Waals surface area contributed by atoms with E-state index in [-0.39, 0.29) is 5.97 Å². The first kappa shape index (κ1) is 21.3. The molecule has 0 aromatic heterocycles. The second-order valence-electron chi connectivity index (χ2n) is 8.04. The van der Waals surface area contributed by atoms with Crippen LogP contribution >= 0.6 is 0 Å². The highest BCUT2D eigenvalue weighted by atomic mass is 16.5. The van der Waals surface area contributed by atoms with Crippen LogP contribution in [0.4, 0.5) is 10.5 Å². The number of carbonyl (C=O) groups excluding carboxylic acids is 2. The second-order valence-corrected chi connectivity index (χ2v) is 8.04. The number of esters is 1. The highest BCUT2D eigenvalue weighted by Crippen LogP contribution is 2.31.